The van der Waals surface area contributed by atoms with Gasteiger partial charge in [-0.05, 0) is 25.7 Å². The standard InChI is InChI=1S/C17H31N3O4S/c1-3-4-14-25(23,24)20-9-5-8-19(12-13-20)17(22)16-6-10-18(11-7-16)15(2)21/h16H,3-14H2,1-2H3. The van der Waals surface area contributed by atoms with E-state index in [9.17, 15) is 18.0 Å². The lowest BCUT2D eigenvalue weighted by molar-refractivity contribution is -0.139. The van der Waals surface area contributed by atoms with E-state index >= 15 is 0 Å². The summed E-state index contributed by atoms with van der Waals surface area (Å²) in [5.74, 6) is 0.337. The van der Waals surface area contributed by atoms with Crippen LogP contribution in [0.5, 0.6) is 0 Å². The van der Waals surface area contributed by atoms with Crippen LogP contribution in [0.3, 0.4) is 0 Å². The molecule has 0 aromatic rings. The third kappa shape index (κ3) is 5.41. The van der Waals surface area contributed by atoms with Crippen molar-refractivity contribution in [1.82, 2.24) is 14.1 Å². The molecular formula is C17H31N3O4S. The van der Waals surface area contributed by atoms with Gasteiger partial charge in [-0.25, -0.2) is 12.7 Å². The van der Waals surface area contributed by atoms with Gasteiger partial charge >= 0.3 is 0 Å². The van der Waals surface area contributed by atoms with Gasteiger partial charge in [0.25, 0.3) is 0 Å². The molecule has 2 heterocycles. The number of likely N-dealkylation sites (tertiary alicyclic amines) is 1. The fourth-order valence-corrected chi connectivity index (χ4v) is 5.23. The second-order valence-electron chi connectivity index (χ2n) is 7.03. The topological polar surface area (TPSA) is 78.0 Å². The summed E-state index contributed by atoms with van der Waals surface area (Å²) >= 11 is 0. The molecule has 0 N–H and O–H groups in total. The van der Waals surface area contributed by atoms with Crippen LogP contribution in [0.2, 0.25) is 0 Å². The van der Waals surface area contributed by atoms with Crippen molar-refractivity contribution in [2.75, 3.05) is 45.0 Å². The zero-order chi connectivity index (χ0) is 18.4. The molecule has 25 heavy (non-hydrogen) atoms. The zero-order valence-electron chi connectivity index (χ0n) is 15.4. The molecular weight excluding hydrogens is 342 g/mol. The van der Waals surface area contributed by atoms with E-state index in [0.717, 1.165) is 6.42 Å². The summed E-state index contributed by atoms with van der Waals surface area (Å²) < 4.78 is 26.3. The van der Waals surface area contributed by atoms with Crippen LogP contribution >= 0.6 is 0 Å². The summed E-state index contributed by atoms with van der Waals surface area (Å²) in [6.45, 7) is 6.79. The summed E-state index contributed by atoms with van der Waals surface area (Å²) in [7, 11) is -3.21. The maximum atomic E-state index is 12.8. The molecule has 2 aliphatic heterocycles. The molecule has 0 saturated carbocycles. The minimum atomic E-state index is -3.21. The number of rotatable bonds is 5. The average Bonchev–Trinajstić information content (AvgIpc) is 2.86. The molecule has 2 saturated heterocycles. The lowest BCUT2D eigenvalue weighted by Gasteiger charge is -2.33. The largest absolute Gasteiger partial charge is 0.343 e. The van der Waals surface area contributed by atoms with Crippen LogP contribution in [-0.4, -0.2) is 79.4 Å². The van der Waals surface area contributed by atoms with Crippen molar-refractivity contribution in [2.45, 2.75) is 46.0 Å². The van der Waals surface area contributed by atoms with E-state index in [0.29, 0.717) is 65.0 Å². The maximum Gasteiger partial charge on any atom is 0.225 e. The molecule has 0 aromatic carbocycles. The van der Waals surface area contributed by atoms with Crippen molar-refractivity contribution in [1.29, 1.82) is 0 Å². The summed E-state index contributed by atoms with van der Waals surface area (Å²) in [4.78, 5) is 27.8. The van der Waals surface area contributed by atoms with E-state index in [4.69, 9.17) is 0 Å². The number of nitrogens with zero attached hydrogens (tertiary/aromatic N) is 3. The van der Waals surface area contributed by atoms with Crippen LogP contribution in [-0.2, 0) is 19.6 Å². The third-order valence-electron chi connectivity index (χ3n) is 5.21. The molecule has 2 rings (SSSR count). The van der Waals surface area contributed by atoms with E-state index in [-0.39, 0.29) is 23.5 Å². The zero-order valence-corrected chi connectivity index (χ0v) is 16.3. The van der Waals surface area contributed by atoms with E-state index in [1.807, 2.05) is 11.8 Å². The van der Waals surface area contributed by atoms with Gasteiger partial charge in [-0.2, -0.15) is 0 Å². The molecule has 0 radical (unpaired) electrons. The van der Waals surface area contributed by atoms with E-state index in [2.05, 4.69) is 0 Å². The molecule has 0 atom stereocenters. The van der Waals surface area contributed by atoms with E-state index in [1.165, 1.54) is 0 Å². The Morgan fingerprint density at radius 3 is 2.24 bits per heavy atom. The van der Waals surface area contributed by atoms with Crippen molar-refractivity contribution < 1.29 is 18.0 Å². The minimum absolute atomic E-state index is 0.0427. The number of amides is 2. The van der Waals surface area contributed by atoms with Crippen LogP contribution < -0.4 is 0 Å². The number of carbonyl (C=O) groups excluding carboxylic acids is 2. The lowest BCUT2D eigenvalue weighted by atomic mass is 9.95. The Kier molecular flexibility index (Phi) is 7.25. The molecule has 2 aliphatic rings. The first-order valence-electron chi connectivity index (χ1n) is 9.37. The molecule has 144 valence electrons. The van der Waals surface area contributed by atoms with Gasteiger partial charge in [-0.15, -0.1) is 0 Å². The van der Waals surface area contributed by atoms with E-state index < -0.39 is 10.0 Å². The first-order chi connectivity index (χ1) is 11.8. The van der Waals surface area contributed by atoms with Crippen molar-refractivity contribution in [3.8, 4) is 0 Å². The van der Waals surface area contributed by atoms with Gasteiger partial charge in [0.1, 0.15) is 0 Å². The molecule has 0 bridgehead atoms. The molecule has 7 nitrogen and oxygen atoms in total. The fraction of sp³-hybridized carbons (Fsp3) is 0.882. The number of hydrogen-bond donors (Lipinski definition) is 0. The van der Waals surface area contributed by atoms with Crippen LogP contribution in [0.15, 0.2) is 0 Å². The van der Waals surface area contributed by atoms with Crippen molar-refractivity contribution in [2.24, 2.45) is 5.92 Å². The highest BCUT2D eigenvalue weighted by molar-refractivity contribution is 7.89. The quantitative estimate of drug-likeness (QED) is 0.718. The summed E-state index contributed by atoms with van der Waals surface area (Å²) in [6.07, 6.45) is 3.62. The van der Waals surface area contributed by atoms with Gasteiger partial charge in [0, 0.05) is 52.1 Å². The number of carbonyl (C=O) groups is 2. The van der Waals surface area contributed by atoms with Crippen LogP contribution in [0.25, 0.3) is 0 Å². The Morgan fingerprint density at radius 1 is 0.960 bits per heavy atom. The summed E-state index contributed by atoms with van der Waals surface area (Å²) in [5, 5.41) is 0. The molecule has 0 aliphatic carbocycles. The Bertz CT molecular complexity index is 570. The number of sulfonamides is 1. The van der Waals surface area contributed by atoms with Gasteiger partial charge in [0.15, 0.2) is 0 Å². The van der Waals surface area contributed by atoms with Gasteiger partial charge in [-0.3, -0.25) is 9.59 Å². The number of unbranched alkanes of at least 4 members (excludes halogenated alkanes) is 1. The molecule has 0 spiro atoms. The van der Waals surface area contributed by atoms with Crippen molar-refractivity contribution in [3.63, 3.8) is 0 Å². The molecule has 8 heteroatoms. The maximum absolute atomic E-state index is 12.8. The van der Waals surface area contributed by atoms with Gasteiger partial charge < -0.3 is 9.80 Å². The normalized spacial score (nSPS) is 21.2. The Hall–Kier alpha value is -1.15. The third-order valence-corrected chi connectivity index (χ3v) is 7.16. The van der Waals surface area contributed by atoms with Crippen LogP contribution in [0.4, 0.5) is 0 Å². The average molecular weight is 374 g/mol. The Labute approximate surface area is 151 Å². The van der Waals surface area contributed by atoms with Gasteiger partial charge in [0.05, 0.1) is 5.75 Å². The monoisotopic (exact) mass is 373 g/mol. The second kappa shape index (κ2) is 8.98. The Balaban J connectivity index is 1.88. The highest BCUT2D eigenvalue weighted by Crippen LogP contribution is 2.21. The lowest BCUT2D eigenvalue weighted by Crippen LogP contribution is -2.45. The van der Waals surface area contributed by atoms with Crippen molar-refractivity contribution in [3.05, 3.63) is 0 Å². The van der Waals surface area contributed by atoms with Crippen LogP contribution in [0.1, 0.15) is 46.0 Å². The number of hydrogen-bond acceptors (Lipinski definition) is 4. The smallest absolute Gasteiger partial charge is 0.225 e. The molecule has 2 amide bonds. The van der Waals surface area contributed by atoms with E-state index in [1.54, 1.807) is 16.1 Å². The first kappa shape index (κ1) is 20.2. The highest BCUT2D eigenvalue weighted by atomic mass is 32.2. The van der Waals surface area contributed by atoms with Gasteiger partial charge in [-0.1, -0.05) is 13.3 Å². The van der Waals surface area contributed by atoms with Crippen LogP contribution in [0, 0.1) is 5.92 Å². The second-order valence-corrected chi connectivity index (χ2v) is 9.12. The fourth-order valence-electron chi connectivity index (χ4n) is 3.55. The predicted octanol–water partition coefficient (Wildman–Crippen LogP) is 0.909. The summed E-state index contributed by atoms with van der Waals surface area (Å²) in [6, 6.07) is 0. The SMILES string of the molecule is CCCCS(=O)(=O)N1CCCN(C(=O)C2CCN(C(C)=O)CC2)CC1. The molecule has 0 aromatic heterocycles. The molecule has 0 unspecified atom stereocenters. The first-order valence-corrected chi connectivity index (χ1v) is 11.0. The minimum Gasteiger partial charge on any atom is -0.343 e. The Morgan fingerprint density at radius 2 is 1.64 bits per heavy atom. The number of piperidine rings is 1. The van der Waals surface area contributed by atoms with Gasteiger partial charge in [0.2, 0.25) is 21.8 Å². The predicted molar refractivity (Wildman–Crippen MR) is 96.4 cm³/mol. The summed E-state index contributed by atoms with van der Waals surface area (Å²) in [5.41, 5.74) is 0. The molecule has 2 fully saturated rings. The van der Waals surface area contributed by atoms with Crippen molar-refractivity contribution >= 4 is 21.8 Å². The highest BCUT2D eigenvalue weighted by Gasteiger charge is 2.31.